The Bertz CT molecular complexity index is 198. The molecule has 0 N–H and O–H groups in total. The zero-order valence-corrected chi connectivity index (χ0v) is 5.04. The predicted octanol–water partition coefficient (Wildman–Crippen LogP) is 0.587. The highest BCUT2D eigenvalue weighted by molar-refractivity contribution is 5.95. The van der Waals surface area contributed by atoms with Crippen molar-refractivity contribution in [1.29, 1.82) is 0 Å². The van der Waals surface area contributed by atoms with Gasteiger partial charge in [0.15, 0.2) is 0 Å². The Kier molecular flexibility index (Phi) is 0.918. The van der Waals surface area contributed by atoms with Crippen molar-refractivity contribution < 1.29 is 0 Å². The molecule has 0 saturated heterocycles. The summed E-state index contributed by atoms with van der Waals surface area (Å²) in [7, 11) is 0. The van der Waals surface area contributed by atoms with E-state index in [1.807, 2.05) is 23.1 Å². The normalized spacial score (nSPS) is 22.2. The van der Waals surface area contributed by atoms with Gasteiger partial charge in [0.25, 0.3) is 0 Å². The molecule has 2 aliphatic heterocycles. The van der Waals surface area contributed by atoms with Gasteiger partial charge < -0.3 is 4.90 Å². The van der Waals surface area contributed by atoms with Crippen LogP contribution in [0.2, 0.25) is 0 Å². The summed E-state index contributed by atoms with van der Waals surface area (Å²) in [5, 5.41) is 0. The van der Waals surface area contributed by atoms with Crippen molar-refractivity contribution >= 4 is 5.84 Å². The molecule has 2 aliphatic rings. The zero-order chi connectivity index (χ0) is 6.10. The maximum absolute atomic E-state index is 4.23. The molecule has 0 saturated carbocycles. The molecule has 9 heavy (non-hydrogen) atoms. The average Bonchev–Trinajstić information content (AvgIpc) is 2.33. The van der Waals surface area contributed by atoms with Crippen molar-refractivity contribution in [1.82, 2.24) is 4.90 Å². The maximum atomic E-state index is 4.23. The Hall–Kier alpha value is -1.05. The van der Waals surface area contributed by atoms with E-state index in [0.29, 0.717) is 0 Å². The zero-order valence-electron chi connectivity index (χ0n) is 5.04. The Balaban J connectivity index is 2.33. The lowest BCUT2D eigenvalue weighted by Gasteiger charge is -2.12. The molecular weight excluding hydrogens is 112 g/mol. The molecule has 0 aliphatic carbocycles. The number of nitrogens with zero attached hydrogens (tertiary/aromatic N) is 2. The van der Waals surface area contributed by atoms with Gasteiger partial charge in [0, 0.05) is 6.54 Å². The van der Waals surface area contributed by atoms with Gasteiger partial charge in [0.05, 0.1) is 12.7 Å². The number of allylic oxidation sites excluding steroid dienone is 2. The molecule has 0 amide bonds. The Morgan fingerprint density at radius 2 is 2.67 bits per heavy atom. The van der Waals surface area contributed by atoms with Gasteiger partial charge in [-0.05, 0) is 12.2 Å². The summed E-state index contributed by atoms with van der Waals surface area (Å²) in [5.41, 5.74) is 0. The lowest BCUT2D eigenvalue weighted by molar-refractivity contribution is 0.587. The van der Waals surface area contributed by atoms with Gasteiger partial charge in [-0.25, -0.2) is 0 Å². The fraction of sp³-hybridized carbons (Fsp3) is 0.286. The number of aliphatic imine (C=N–C) groups is 1. The minimum atomic E-state index is 0.917. The molecular formula is C7H7N2. The van der Waals surface area contributed by atoms with Gasteiger partial charge in [-0.2, -0.15) is 0 Å². The molecule has 0 aromatic rings. The minimum Gasteiger partial charge on any atom is -0.323 e. The van der Waals surface area contributed by atoms with E-state index in [1.165, 1.54) is 0 Å². The van der Waals surface area contributed by atoms with E-state index >= 15 is 0 Å². The Morgan fingerprint density at radius 1 is 1.67 bits per heavy atom. The maximum Gasteiger partial charge on any atom is 0.128 e. The first-order chi connectivity index (χ1) is 4.47. The van der Waals surface area contributed by atoms with Crippen molar-refractivity contribution in [3.05, 3.63) is 24.4 Å². The van der Waals surface area contributed by atoms with Gasteiger partial charge in [-0.1, -0.05) is 6.08 Å². The first kappa shape index (κ1) is 4.79. The second-order valence-electron chi connectivity index (χ2n) is 2.05. The summed E-state index contributed by atoms with van der Waals surface area (Å²) in [4.78, 5) is 6.26. The molecule has 2 nitrogen and oxygen atoms in total. The lowest BCUT2D eigenvalue weighted by Crippen LogP contribution is -2.21. The topological polar surface area (TPSA) is 15.6 Å². The molecule has 0 aromatic carbocycles. The standard InChI is InChI=1S/C7H7N2/c1-2-5-9-6-4-8-7(9)3-1/h1-3H,4,6H2. The van der Waals surface area contributed by atoms with Gasteiger partial charge in [0.2, 0.25) is 0 Å². The van der Waals surface area contributed by atoms with Crippen molar-refractivity contribution in [3.63, 3.8) is 0 Å². The molecule has 0 spiro atoms. The highest BCUT2D eigenvalue weighted by Gasteiger charge is 2.12. The minimum absolute atomic E-state index is 0.917. The Labute approximate surface area is 54.2 Å². The van der Waals surface area contributed by atoms with E-state index in [1.54, 1.807) is 0 Å². The summed E-state index contributed by atoms with van der Waals surface area (Å²) in [6.45, 7) is 1.91. The smallest absolute Gasteiger partial charge is 0.128 e. The molecule has 2 heterocycles. The summed E-state index contributed by atoms with van der Waals surface area (Å²) in [5.74, 6) is 1.05. The van der Waals surface area contributed by atoms with Gasteiger partial charge >= 0.3 is 0 Å². The lowest BCUT2D eigenvalue weighted by atomic mass is 10.3. The quantitative estimate of drug-likeness (QED) is 0.455. The van der Waals surface area contributed by atoms with Crippen LogP contribution < -0.4 is 0 Å². The van der Waals surface area contributed by atoms with Crippen LogP contribution in [0.15, 0.2) is 23.2 Å². The van der Waals surface area contributed by atoms with Gasteiger partial charge in [0.1, 0.15) is 5.84 Å². The van der Waals surface area contributed by atoms with Crippen LogP contribution in [0.3, 0.4) is 0 Å². The molecule has 0 fully saturated rings. The highest BCUT2D eigenvalue weighted by atomic mass is 15.2. The van der Waals surface area contributed by atoms with Crippen molar-refractivity contribution in [2.45, 2.75) is 0 Å². The van der Waals surface area contributed by atoms with Crippen LogP contribution in [0.5, 0.6) is 0 Å². The fourth-order valence-electron chi connectivity index (χ4n) is 1.01. The number of amidine groups is 1. The van der Waals surface area contributed by atoms with E-state index < -0.39 is 0 Å². The predicted molar refractivity (Wildman–Crippen MR) is 36.0 cm³/mol. The molecule has 0 unspecified atom stereocenters. The second kappa shape index (κ2) is 1.72. The SMILES string of the molecule is [C]1=CC=CC2=NCCN12. The fourth-order valence-corrected chi connectivity index (χ4v) is 1.01. The molecule has 0 bridgehead atoms. The van der Waals surface area contributed by atoms with Crippen LogP contribution in [0, 0.1) is 6.20 Å². The molecule has 0 atom stereocenters. The third kappa shape index (κ3) is 0.669. The Morgan fingerprint density at radius 3 is 3.56 bits per heavy atom. The van der Waals surface area contributed by atoms with Gasteiger partial charge in [-0.15, -0.1) is 0 Å². The summed E-state index contributed by atoms with van der Waals surface area (Å²) in [6, 6.07) is 0. The highest BCUT2D eigenvalue weighted by Crippen LogP contribution is 2.06. The summed E-state index contributed by atoms with van der Waals surface area (Å²) < 4.78 is 0. The summed E-state index contributed by atoms with van der Waals surface area (Å²) in [6.07, 6.45) is 8.94. The van der Waals surface area contributed by atoms with Crippen LogP contribution >= 0.6 is 0 Å². The number of fused-ring (bicyclic) bond motifs is 1. The average molecular weight is 119 g/mol. The second-order valence-corrected chi connectivity index (χ2v) is 2.05. The molecule has 2 heteroatoms. The van der Waals surface area contributed by atoms with Gasteiger partial charge in [-0.3, -0.25) is 4.99 Å². The first-order valence-electron chi connectivity index (χ1n) is 3.05. The van der Waals surface area contributed by atoms with E-state index in [-0.39, 0.29) is 0 Å². The van der Waals surface area contributed by atoms with E-state index in [4.69, 9.17) is 0 Å². The molecule has 1 radical (unpaired) electrons. The van der Waals surface area contributed by atoms with Crippen LogP contribution in [0.4, 0.5) is 0 Å². The number of hydrogen-bond acceptors (Lipinski definition) is 2. The monoisotopic (exact) mass is 119 g/mol. The summed E-state index contributed by atoms with van der Waals surface area (Å²) >= 11 is 0. The van der Waals surface area contributed by atoms with Crippen molar-refractivity contribution in [3.8, 4) is 0 Å². The van der Waals surface area contributed by atoms with Crippen LogP contribution in [0.25, 0.3) is 0 Å². The largest absolute Gasteiger partial charge is 0.323 e. The first-order valence-corrected chi connectivity index (χ1v) is 3.05. The van der Waals surface area contributed by atoms with Crippen molar-refractivity contribution in [2.75, 3.05) is 13.1 Å². The van der Waals surface area contributed by atoms with E-state index in [9.17, 15) is 0 Å². The third-order valence-electron chi connectivity index (χ3n) is 1.45. The van der Waals surface area contributed by atoms with Crippen molar-refractivity contribution in [2.24, 2.45) is 4.99 Å². The molecule has 2 rings (SSSR count). The van der Waals surface area contributed by atoms with Crippen LogP contribution in [-0.2, 0) is 0 Å². The number of rotatable bonds is 0. The van der Waals surface area contributed by atoms with Crippen LogP contribution in [-0.4, -0.2) is 23.8 Å². The molecule has 45 valence electrons. The van der Waals surface area contributed by atoms with Crippen LogP contribution in [0.1, 0.15) is 0 Å². The van der Waals surface area contributed by atoms with E-state index in [2.05, 4.69) is 11.2 Å². The number of hydrogen-bond donors (Lipinski definition) is 0. The third-order valence-corrected chi connectivity index (χ3v) is 1.45. The molecule has 0 aromatic heterocycles. The van der Waals surface area contributed by atoms with E-state index in [0.717, 1.165) is 18.9 Å².